The summed E-state index contributed by atoms with van der Waals surface area (Å²) in [5.41, 5.74) is 1.36. The number of aliphatic hydroxyl groups is 1. The van der Waals surface area contributed by atoms with Gasteiger partial charge in [0.05, 0.1) is 17.3 Å². The molecule has 0 aromatic rings. The number of ether oxygens (including phenoxy) is 3. The van der Waals surface area contributed by atoms with Crippen molar-refractivity contribution in [2.75, 3.05) is 6.79 Å². The summed E-state index contributed by atoms with van der Waals surface area (Å²) in [5, 5.41) is 13.0. The minimum absolute atomic E-state index is 0.0547. The van der Waals surface area contributed by atoms with Gasteiger partial charge in [-0.3, -0.25) is 4.79 Å². The molecule has 1 N–H and O–H groups in total. The molecule has 10 atom stereocenters. The molecule has 0 aliphatic heterocycles. The van der Waals surface area contributed by atoms with E-state index < -0.39 is 30.3 Å². The van der Waals surface area contributed by atoms with Crippen LogP contribution in [0.4, 0.5) is 0 Å². The maximum Gasteiger partial charge on any atom is 0.336 e. The van der Waals surface area contributed by atoms with Crippen molar-refractivity contribution < 1.29 is 28.9 Å². The van der Waals surface area contributed by atoms with E-state index in [-0.39, 0.29) is 34.2 Å². The lowest BCUT2D eigenvalue weighted by Crippen LogP contribution is -2.65. The van der Waals surface area contributed by atoms with E-state index in [0.717, 1.165) is 36.8 Å². The standard InChI is InChI=1S/C39H61ClO6/c1-22(2)29(40)14-13-26(34(42)44-21-45-35(43)36(7,8)9)32-28-19-30(41)33-37(10)17-15-24(5)25(6)27(37)16-18-38(33,11)39(28,12)20-31(32)46-23(3)4/h24-25,27-28,30-31,33,41H,3,13-21H2,1-2,4-12H3/b32-26-/t24-,25+,27+,28+,30-,31?,33+,37+,38+,39+/m1/s1. The van der Waals surface area contributed by atoms with Crippen LogP contribution in [0.15, 0.2) is 34.1 Å². The second-order valence-electron chi connectivity index (χ2n) is 17.3. The number of aliphatic hydroxyl groups excluding tert-OH is 1. The van der Waals surface area contributed by atoms with E-state index in [1.54, 1.807) is 20.8 Å². The van der Waals surface area contributed by atoms with Gasteiger partial charge in [-0.25, -0.2) is 4.79 Å². The van der Waals surface area contributed by atoms with Crippen molar-refractivity contribution in [3.63, 3.8) is 0 Å². The van der Waals surface area contributed by atoms with Crippen molar-refractivity contribution in [2.24, 2.45) is 51.2 Å². The molecule has 7 heteroatoms. The van der Waals surface area contributed by atoms with Crippen LogP contribution in [0.2, 0.25) is 0 Å². The first kappa shape index (κ1) is 37.0. The topological polar surface area (TPSA) is 82.1 Å². The second kappa shape index (κ2) is 13.3. The number of rotatable bonds is 8. The molecule has 4 aliphatic carbocycles. The molecule has 0 amide bonds. The molecule has 0 aromatic carbocycles. The Bertz CT molecular complexity index is 1270. The molecule has 4 rings (SSSR count). The highest BCUT2D eigenvalue weighted by Gasteiger charge is 2.70. The lowest BCUT2D eigenvalue weighted by Gasteiger charge is -2.69. The van der Waals surface area contributed by atoms with Crippen molar-refractivity contribution in [3.8, 4) is 0 Å². The molecule has 0 radical (unpaired) electrons. The van der Waals surface area contributed by atoms with Crippen LogP contribution in [0.1, 0.15) is 128 Å². The molecule has 4 saturated carbocycles. The Labute approximate surface area is 283 Å². The van der Waals surface area contributed by atoms with E-state index in [1.807, 2.05) is 20.8 Å². The largest absolute Gasteiger partial charge is 0.491 e. The van der Waals surface area contributed by atoms with E-state index >= 15 is 0 Å². The van der Waals surface area contributed by atoms with Crippen molar-refractivity contribution in [3.05, 3.63) is 34.1 Å². The summed E-state index contributed by atoms with van der Waals surface area (Å²) in [6.07, 6.45) is 5.79. The molecule has 260 valence electrons. The van der Waals surface area contributed by atoms with E-state index in [9.17, 15) is 14.7 Å². The first-order valence-electron chi connectivity index (χ1n) is 17.6. The Balaban J connectivity index is 1.80. The average molecular weight is 661 g/mol. The highest BCUT2D eigenvalue weighted by atomic mass is 35.5. The molecule has 1 unspecified atom stereocenters. The van der Waals surface area contributed by atoms with Crippen molar-refractivity contribution in [1.82, 2.24) is 0 Å². The Kier molecular flexibility index (Phi) is 10.7. The Morgan fingerprint density at radius 1 is 1.00 bits per heavy atom. The fraction of sp³-hybridized carbons (Fsp3) is 0.795. The monoisotopic (exact) mass is 660 g/mol. The average Bonchev–Trinajstić information content (AvgIpc) is 3.21. The maximum absolute atomic E-state index is 14.0. The number of carbonyl (C=O) groups is 2. The second-order valence-corrected chi connectivity index (χ2v) is 17.7. The van der Waals surface area contributed by atoms with Crippen LogP contribution >= 0.6 is 11.6 Å². The van der Waals surface area contributed by atoms with Crippen LogP contribution in [-0.2, 0) is 23.8 Å². The Morgan fingerprint density at radius 2 is 1.65 bits per heavy atom. The van der Waals surface area contributed by atoms with Crippen LogP contribution in [0.3, 0.4) is 0 Å². The fourth-order valence-corrected chi connectivity index (χ4v) is 10.5. The summed E-state index contributed by atoms with van der Waals surface area (Å²) in [6.45, 7) is 26.8. The Morgan fingerprint density at radius 3 is 2.24 bits per heavy atom. The van der Waals surface area contributed by atoms with Gasteiger partial charge in [-0.2, -0.15) is 0 Å². The highest BCUT2D eigenvalue weighted by molar-refractivity contribution is 6.29. The maximum atomic E-state index is 14.0. The highest BCUT2D eigenvalue weighted by Crippen LogP contribution is 2.74. The molecule has 4 aliphatic rings. The van der Waals surface area contributed by atoms with Gasteiger partial charge in [0.2, 0.25) is 6.79 Å². The molecule has 4 fully saturated rings. The summed E-state index contributed by atoms with van der Waals surface area (Å²) in [6, 6.07) is 0. The van der Waals surface area contributed by atoms with E-state index in [4.69, 9.17) is 25.8 Å². The molecule has 0 spiro atoms. The van der Waals surface area contributed by atoms with Gasteiger partial charge in [-0.15, -0.1) is 0 Å². The van der Waals surface area contributed by atoms with Gasteiger partial charge < -0.3 is 19.3 Å². The van der Waals surface area contributed by atoms with E-state index in [0.29, 0.717) is 53.4 Å². The smallest absolute Gasteiger partial charge is 0.336 e. The third-order valence-corrected chi connectivity index (χ3v) is 13.8. The van der Waals surface area contributed by atoms with Crippen LogP contribution in [0, 0.1) is 51.2 Å². The molecule has 6 nitrogen and oxygen atoms in total. The molecule has 46 heavy (non-hydrogen) atoms. The summed E-state index contributed by atoms with van der Waals surface area (Å²) in [5.74, 6) is 1.62. The number of carbonyl (C=O) groups excluding carboxylic acids is 2. The third-order valence-electron chi connectivity index (χ3n) is 13.2. The summed E-state index contributed by atoms with van der Waals surface area (Å²) in [4.78, 5) is 26.5. The van der Waals surface area contributed by atoms with Crippen molar-refractivity contribution in [1.29, 1.82) is 0 Å². The number of hydrogen-bond donors (Lipinski definition) is 1. The molecular formula is C39H61ClO6. The SMILES string of the molecule is C=C(C)OC1C[C@@]2(C)[C@@H](C[C@@H](O)[C@H]3[C@@]4(C)CC[C@@H](C)[C@H](C)[C@@H]4CC[C@@]32C)/C1=C(\CCC(Cl)=C(C)C)C(=O)OCOC(=O)C(C)(C)C. The lowest BCUT2D eigenvalue weighted by molar-refractivity contribution is -0.229. The summed E-state index contributed by atoms with van der Waals surface area (Å²) < 4.78 is 17.5. The zero-order chi connectivity index (χ0) is 34.6. The van der Waals surface area contributed by atoms with Gasteiger partial charge in [0.1, 0.15) is 6.10 Å². The zero-order valence-electron chi connectivity index (χ0n) is 30.5. The minimum atomic E-state index is -0.716. The minimum Gasteiger partial charge on any atom is -0.491 e. The summed E-state index contributed by atoms with van der Waals surface area (Å²) >= 11 is 6.64. The van der Waals surface area contributed by atoms with E-state index in [2.05, 4.69) is 41.2 Å². The molecule has 0 aromatic heterocycles. The molecule has 0 heterocycles. The predicted molar refractivity (Wildman–Crippen MR) is 184 cm³/mol. The molecule has 0 saturated heterocycles. The van der Waals surface area contributed by atoms with Gasteiger partial charge in [0, 0.05) is 10.6 Å². The van der Waals surface area contributed by atoms with E-state index in [1.165, 1.54) is 6.42 Å². The number of fused-ring (bicyclic) bond motifs is 5. The van der Waals surface area contributed by atoms with Gasteiger partial charge >= 0.3 is 11.9 Å². The van der Waals surface area contributed by atoms with Crippen molar-refractivity contribution >= 4 is 23.5 Å². The number of halogens is 1. The zero-order valence-corrected chi connectivity index (χ0v) is 31.2. The third kappa shape index (κ3) is 6.48. The molecule has 0 bridgehead atoms. The van der Waals surface area contributed by atoms with Crippen LogP contribution in [0.5, 0.6) is 0 Å². The summed E-state index contributed by atoms with van der Waals surface area (Å²) in [7, 11) is 0. The van der Waals surface area contributed by atoms with Gasteiger partial charge in [0.25, 0.3) is 0 Å². The normalized spacial score (nSPS) is 39.7. The number of esters is 2. The Hall–Kier alpha value is -1.79. The lowest BCUT2D eigenvalue weighted by atomic mass is 9.36. The van der Waals surface area contributed by atoms with Crippen molar-refractivity contribution in [2.45, 2.75) is 140 Å². The fourth-order valence-electron chi connectivity index (χ4n) is 10.4. The molecular weight excluding hydrogens is 600 g/mol. The predicted octanol–water partition coefficient (Wildman–Crippen LogP) is 9.50. The van der Waals surface area contributed by atoms with Gasteiger partial charge in [0.15, 0.2) is 0 Å². The first-order chi connectivity index (χ1) is 21.2. The van der Waals surface area contributed by atoms with Crippen LogP contribution in [-0.4, -0.2) is 36.0 Å². The first-order valence-corrected chi connectivity index (χ1v) is 18.0. The quantitative estimate of drug-likeness (QED) is 0.121. The number of allylic oxidation sites excluding steroid dienone is 3. The van der Waals surface area contributed by atoms with Crippen LogP contribution in [0.25, 0.3) is 0 Å². The van der Waals surface area contributed by atoms with Crippen LogP contribution < -0.4 is 0 Å². The van der Waals surface area contributed by atoms with Gasteiger partial charge in [-0.05, 0) is 144 Å². The number of hydrogen-bond acceptors (Lipinski definition) is 6. The van der Waals surface area contributed by atoms with Gasteiger partial charge in [-0.1, -0.05) is 58.4 Å².